The first-order valence-electron chi connectivity index (χ1n) is 11.7. The van der Waals surface area contributed by atoms with E-state index in [0.29, 0.717) is 22.4 Å². The predicted molar refractivity (Wildman–Crippen MR) is 146 cm³/mol. The Morgan fingerprint density at radius 1 is 0.895 bits per heavy atom. The minimum atomic E-state index is -3.93. The molecule has 0 atom stereocenters. The summed E-state index contributed by atoms with van der Waals surface area (Å²) in [6.45, 7) is 3.47. The maximum absolute atomic E-state index is 13.1. The van der Waals surface area contributed by atoms with Gasteiger partial charge in [-0.05, 0) is 55.5 Å². The SMILES string of the molecule is COC(=O)CCN(C(C)=O)c1ccc(Nc2nc3ccccc3nc2NS(=O)(=O)c2ccc(C)cc2)cc1. The number of para-hydroxylation sites is 2. The summed E-state index contributed by atoms with van der Waals surface area (Å²) >= 11 is 0. The van der Waals surface area contributed by atoms with E-state index in [1.54, 1.807) is 54.6 Å². The van der Waals surface area contributed by atoms with Gasteiger partial charge in [-0.1, -0.05) is 29.8 Å². The molecule has 2 N–H and O–H groups in total. The summed E-state index contributed by atoms with van der Waals surface area (Å²) in [5.41, 5.74) is 3.23. The van der Waals surface area contributed by atoms with Crippen LogP contribution in [0.15, 0.2) is 77.7 Å². The molecule has 1 aromatic heterocycles. The molecule has 0 unspecified atom stereocenters. The highest BCUT2D eigenvalue weighted by Crippen LogP contribution is 2.28. The topological polar surface area (TPSA) is 131 Å². The number of esters is 1. The fourth-order valence-corrected chi connectivity index (χ4v) is 4.71. The molecule has 10 nitrogen and oxygen atoms in total. The Morgan fingerprint density at radius 3 is 2.08 bits per heavy atom. The minimum absolute atomic E-state index is 0.0387. The van der Waals surface area contributed by atoms with E-state index >= 15 is 0 Å². The summed E-state index contributed by atoms with van der Waals surface area (Å²) in [5, 5.41) is 3.12. The molecule has 11 heteroatoms. The van der Waals surface area contributed by atoms with Crippen LogP contribution in [0.2, 0.25) is 0 Å². The Bertz CT molecular complexity index is 1570. The van der Waals surface area contributed by atoms with Gasteiger partial charge in [-0.15, -0.1) is 0 Å². The van der Waals surface area contributed by atoms with Crippen molar-refractivity contribution in [3.63, 3.8) is 0 Å². The molecular weight excluding hydrogens is 506 g/mol. The van der Waals surface area contributed by atoms with Crippen molar-refractivity contribution in [1.82, 2.24) is 9.97 Å². The maximum Gasteiger partial charge on any atom is 0.307 e. The summed E-state index contributed by atoms with van der Waals surface area (Å²) in [6, 6.07) is 20.5. The van der Waals surface area contributed by atoms with Gasteiger partial charge in [0.2, 0.25) is 5.91 Å². The van der Waals surface area contributed by atoms with Crippen molar-refractivity contribution >= 4 is 55.9 Å². The van der Waals surface area contributed by atoms with Crippen LogP contribution in [0.25, 0.3) is 11.0 Å². The second-order valence-corrected chi connectivity index (χ2v) is 10.2. The number of aromatic nitrogens is 2. The highest BCUT2D eigenvalue weighted by Gasteiger charge is 2.19. The fourth-order valence-electron chi connectivity index (χ4n) is 3.70. The fraction of sp³-hybridized carbons (Fsp3) is 0.185. The molecule has 0 aliphatic heterocycles. The summed E-state index contributed by atoms with van der Waals surface area (Å²) in [4.78, 5) is 34.3. The maximum atomic E-state index is 13.1. The number of rotatable bonds is 9. The van der Waals surface area contributed by atoms with Crippen LogP contribution in [-0.2, 0) is 24.3 Å². The first-order chi connectivity index (χ1) is 18.2. The molecule has 1 heterocycles. The molecular formula is C27H27N5O5S. The van der Waals surface area contributed by atoms with Gasteiger partial charge < -0.3 is 15.0 Å². The summed E-state index contributed by atoms with van der Waals surface area (Å²) in [7, 11) is -2.63. The Labute approximate surface area is 220 Å². The summed E-state index contributed by atoms with van der Waals surface area (Å²) < 4.78 is 33.4. The van der Waals surface area contributed by atoms with E-state index in [1.807, 2.05) is 13.0 Å². The molecule has 0 spiro atoms. The van der Waals surface area contributed by atoms with Crippen molar-refractivity contribution in [2.75, 3.05) is 28.6 Å². The predicted octanol–water partition coefficient (Wildman–Crippen LogP) is 4.40. The zero-order valence-corrected chi connectivity index (χ0v) is 22.0. The van der Waals surface area contributed by atoms with Crippen molar-refractivity contribution in [1.29, 1.82) is 0 Å². The van der Waals surface area contributed by atoms with Gasteiger partial charge in [0, 0.05) is 24.8 Å². The number of carbonyl (C=O) groups is 2. The number of benzene rings is 3. The van der Waals surface area contributed by atoms with Crippen LogP contribution in [-0.4, -0.2) is 43.9 Å². The first kappa shape index (κ1) is 26.6. The number of aryl methyl sites for hydroxylation is 1. The molecule has 1 amide bonds. The number of nitrogens with zero attached hydrogens (tertiary/aromatic N) is 3. The normalized spacial score (nSPS) is 11.1. The number of fused-ring (bicyclic) bond motifs is 1. The van der Waals surface area contributed by atoms with Gasteiger partial charge >= 0.3 is 5.97 Å². The standard InChI is InChI=1S/C27H27N5O5S/c1-18-8-14-22(15-9-18)38(35,36)31-27-26(29-23-6-4-5-7-24(23)30-27)28-20-10-12-21(13-11-20)32(19(2)33)17-16-25(34)37-3/h4-15H,16-17H2,1-3H3,(H,28,29)(H,30,31). The van der Waals surface area contributed by atoms with Crippen LogP contribution in [0.4, 0.5) is 23.0 Å². The number of hydrogen-bond acceptors (Lipinski definition) is 8. The lowest BCUT2D eigenvalue weighted by Crippen LogP contribution is -2.31. The van der Waals surface area contributed by atoms with Gasteiger partial charge in [0.1, 0.15) is 0 Å². The second-order valence-electron chi connectivity index (χ2n) is 8.50. The van der Waals surface area contributed by atoms with Gasteiger partial charge in [-0.3, -0.25) is 14.3 Å². The molecule has 0 saturated carbocycles. The number of ether oxygens (including phenoxy) is 1. The molecule has 4 rings (SSSR count). The van der Waals surface area contributed by atoms with Gasteiger partial charge in [-0.2, -0.15) is 0 Å². The summed E-state index contributed by atoms with van der Waals surface area (Å²) in [5.74, 6) is -0.383. The average molecular weight is 534 g/mol. The smallest absolute Gasteiger partial charge is 0.307 e. The van der Waals surface area contributed by atoms with Crippen molar-refractivity contribution in [3.8, 4) is 0 Å². The van der Waals surface area contributed by atoms with E-state index in [-0.39, 0.29) is 35.4 Å². The Morgan fingerprint density at radius 2 is 1.50 bits per heavy atom. The van der Waals surface area contributed by atoms with E-state index in [1.165, 1.54) is 31.1 Å². The highest BCUT2D eigenvalue weighted by atomic mass is 32.2. The highest BCUT2D eigenvalue weighted by molar-refractivity contribution is 7.92. The summed E-state index contributed by atoms with van der Waals surface area (Å²) in [6.07, 6.45) is 0.0627. The van der Waals surface area contributed by atoms with Crippen LogP contribution in [0.5, 0.6) is 0 Å². The van der Waals surface area contributed by atoms with E-state index in [0.717, 1.165) is 5.56 Å². The number of methoxy groups -OCH3 is 1. The van der Waals surface area contributed by atoms with Gasteiger partial charge in [0.05, 0.1) is 29.5 Å². The molecule has 3 aromatic carbocycles. The van der Waals surface area contributed by atoms with E-state index in [9.17, 15) is 18.0 Å². The number of anilines is 4. The molecule has 0 saturated heterocycles. The van der Waals surface area contributed by atoms with Crippen molar-refractivity contribution in [3.05, 3.63) is 78.4 Å². The third-order valence-corrected chi connectivity index (χ3v) is 7.08. The Balaban J connectivity index is 1.63. The van der Waals surface area contributed by atoms with Crippen LogP contribution in [0.1, 0.15) is 18.9 Å². The largest absolute Gasteiger partial charge is 0.469 e. The lowest BCUT2D eigenvalue weighted by molar-refractivity contribution is -0.140. The first-order valence-corrected chi connectivity index (χ1v) is 13.2. The molecule has 0 radical (unpaired) electrons. The van der Waals surface area contributed by atoms with E-state index in [4.69, 9.17) is 0 Å². The Kier molecular flexibility index (Phi) is 7.87. The van der Waals surface area contributed by atoms with Crippen LogP contribution in [0, 0.1) is 6.92 Å². The monoisotopic (exact) mass is 533 g/mol. The molecule has 4 aromatic rings. The lowest BCUT2D eigenvalue weighted by Gasteiger charge is -2.21. The molecule has 0 aliphatic carbocycles. The number of hydrogen-bond donors (Lipinski definition) is 2. The van der Waals surface area contributed by atoms with E-state index < -0.39 is 16.0 Å². The van der Waals surface area contributed by atoms with Gasteiger partial charge in [0.15, 0.2) is 11.6 Å². The number of nitrogens with one attached hydrogen (secondary N) is 2. The number of sulfonamides is 1. The van der Waals surface area contributed by atoms with Gasteiger partial charge in [0.25, 0.3) is 10.0 Å². The second kappa shape index (κ2) is 11.3. The van der Waals surface area contributed by atoms with Crippen LogP contribution < -0.4 is 14.9 Å². The third kappa shape index (κ3) is 6.24. The molecule has 0 fully saturated rings. The number of carbonyl (C=O) groups excluding carboxylic acids is 2. The average Bonchev–Trinajstić information content (AvgIpc) is 2.89. The zero-order chi connectivity index (χ0) is 27.3. The molecule has 38 heavy (non-hydrogen) atoms. The Hall–Kier alpha value is -4.51. The zero-order valence-electron chi connectivity index (χ0n) is 21.1. The molecule has 0 aliphatic rings. The van der Waals surface area contributed by atoms with Crippen molar-refractivity contribution < 1.29 is 22.7 Å². The quantitative estimate of drug-likeness (QED) is 0.303. The van der Waals surface area contributed by atoms with Crippen molar-refractivity contribution in [2.24, 2.45) is 0 Å². The number of amides is 1. The van der Waals surface area contributed by atoms with Crippen LogP contribution >= 0.6 is 0 Å². The molecule has 0 bridgehead atoms. The lowest BCUT2D eigenvalue weighted by atomic mass is 10.2. The van der Waals surface area contributed by atoms with Crippen molar-refractivity contribution in [2.45, 2.75) is 25.2 Å². The minimum Gasteiger partial charge on any atom is -0.469 e. The third-order valence-electron chi connectivity index (χ3n) is 5.72. The van der Waals surface area contributed by atoms with Gasteiger partial charge in [-0.25, -0.2) is 18.4 Å². The van der Waals surface area contributed by atoms with E-state index in [2.05, 4.69) is 24.7 Å². The molecule has 196 valence electrons. The van der Waals surface area contributed by atoms with Crippen LogP contribution in [0.3, 0.4) is 0 Å².